The number of rotatable bonds is 6. The first-order valence-corrected chi connectivity index (χ1v) is 7.67. The molecule has 0 aliphatic carbocycles. The number of aromatic nitrogens is 2. The zero-order valence-corrected chi connectivity index (χ0v) is 13.8. The number of fused-ring (bicyclic) bond motifs is 1. The van der Waals surface area contributed by atoms with Gasteiger partial charge in [0.05, 0.1) is 11.2 Å². The Hall–Kier alpha value is -1.61. The molecular formula is C18H26N2O. The predicted molar refractivity (Wildman–Crippen MR) is 89.5 cm³/mol. The Morgan fingerprint density at radius 3 is 2.81 bits per heavy atom. The summed E-state index contributed by atoms with van der Waals surface area (Å²) < 4.78 is 7.24. The van der Waals surface area contributed by atoms with Gasteiger partial charge in [-0.3, -0.25) is 4.68 Å². The van der Waals surface area contributed by atoms with Crippen LogP contribution in [-0.4, -0.2) is 23.5 Å². The SMILES string of the molecule is COCCCn1nc(C)c2ccc(/C=C(\C)C(C)C)cc21. The zero-order chi connectivity index (χ0) is 15.4. The third-order valence-electron chi connectivity index (χ3n) is 3.98. The summed E-state index contributed by atoms with van der Waals surface area (Å²) in [5, 5.41) is 5.90. The molecule has 0 aliphatic rings. The fraction of sp³-hybridized carbons (Fsp3) is 0.500. The Morgan fingerprint density at radius 1 is 1.38 bits per heavy atom. The topological polar surface area (TPSA) is 27.1 Å². The molecule has 0 unspecified atom stereocenters. The Bertz CT molecular complexity index is 638. The summed E-state index contributed by atoms with van der Waals surface area (Å²) in [6.45, 7) is 10.4. The van der Waals surface area contributed by atoms with E-state index in [-0.39, 0.29) is 0 Å². The maximum atomic E-state index is 5.13. The van der Waals surface area contributed by atoms with Gasteiger partial charge in [0, 0.05) is 25.6 Å². The Kier molecular flexibility index (Phi) is 5.18. The smallest absolute Gasteiger partial charge is 0.0691 e. The van der Waals surface area contributed by atoms with Crippen LogP contribution in [0.1, 0.15) is 38.4 Å². The van der Waals surface area contributed by atoms with Gasteiger partial charge in [0.25, 0.3) is 0 Å². The molecule has 3 heteroatoms. The summed E-state index contributed by atoms with van der Waals surface area (Å²) in [6.07, 6.45) is 3.25. The second-order valence-electron chi connectivity index (χ2n) is 5.97. The van der Waals surface area contributed by atoms with Gasteiger partial charge in [-0.25, -0.2) is 0 Å². The summed E-state index contributed by atoms with van der Waals surface area (Å²) in [4.78, 5) is 0. The van der Waals surface area contributed by atoms with E-state index in [4.69, 9.17) is 4.74 Å². The van der Waals surface area contributed by atoms with Crippen LogP contribution < -0.4 is 0 Å². The standard InChI is InChI=1S/C18H26N2O/c1-13(2)14(3)11-16-7-8-17-15(4)19-20(18(17)12-16)9-6-10-21-5/h7-8,11-13H,6,9-10H2,1-5H3/b14-11+. The van der Waals surface area contributed by atoms with Crippen molar-refractivity contribution in [3.05, 3.63) is 35.0 Å². The summed E-state index contributed by atoms with van der Waals surface area (Å²) in [5.41, 5.74) is 4.96. The quantitative estimate of drug-likeness (QED) is 0.734. The molecule has 0 atom stereocenters. The normalized spacial score (nSPS) is 12.6. The summed E-state index contributed by atoms with van der Waals surface area (Å²) in [5.74, 6) is 0.578. The molecule has 21 heavy (non-hydrogen) atoms. The fourth-order valence-electron chi connectivity index (χ4n) is 2.41. The highest BCUT2D eigenvalue weighted by atomic mass is 16.5. The van der Waals surface area contributed by atoms with Crippen LogP contribution in [0.25, 0.3) is 17.0 Å². The number of nitrogens with zero attached hydrogens (tertiary/aromatic N) is 2. The first kappa shape index (κ1) is 15.8. The van der Waals surface area contributed by atoms with E-state index in [1.165, 1.54) is 22.0 Å². The molecule has 0 bridgehead atoms. The fourth-order valence-corrected chi connectivity index (χ4v) is 2.41. The third-order valence-corrected chi connectivity index (χ3v) is 3.98. The van der Waals surface area contributed by atoms with Gasteiger partial charge in [-0.1, -0.05) is 37.6 Å². The van der Waals surface area contributed by atoms with Crippen molar-refractivity contribution < 1.29 is 4.74 Å². The number of aryl methyl sites for hydroxylation is 2. The van der Waals surface area contributed by atoms with Crippen molar-refractivity contribution in [3.63, 3.8) is 0 Å². The first-order valence-electron chi connectivity index (χ1n) is 7.67. The lowest BCUT2D eigenvalue weighted by molar-refractivity contribution is 0.189. The van der Waals surface area contributed by atoms with Gasteiger partial charge in [0.2, 0.25) is 0 Å². The van der Waals surface area contributed by atoms with Crippen LogP contribution in [0.4, 0.5) is 0 Å². The van der Waals surface area contributed by atoms with Crippen LogP contribution >= 0.6 is 0 Å². The van der Waals surface area contributed by atoms with Gasteiger partial charge in [0.1, 0.15) is 0 Å². The molecular weight excluding hydrogens is 260 g/mol. The lowest BCUT2D eigenvalue weighted by atomic mass is 10.0. The molecule has 0 amide bonds. The summed E-state index contributed by atoms with van der Waals surface area (Å²) in [7, 11) is 1.74. The Morgan fingerprint density at radius 2 is 2.14 bits per heavy atom. The van der Waals surface area contributed by atoms with E-state index in [1.807, 2.05) is 0 Å². The minimum atomic E-state index is 0.578. The van der Waals surface area contributed by atoms with Crippen molar-refractivity contribution in [2.24, 2.45) is 5.92 Å². The van der Waals surface area contributed by atoms with Crippen LogP contribution in [0, 0.1) is 12.8 Å². The zero-order valence-electron chi connectivity index (χ0n) is 13.8. The minimum Gasteiger partial charge on any atom is -0.385 e. The number of ether oxygens (including phenoxy) is 1. The van der Waals surface area contributed by atoms with Gasteiger partial charge >= 0.3 is 0 Å². The van der Waals surface area contributed by atoms with E-state index in [0.29, 0.717) is 5.92 Å². The minimum absolute atomic E-state index is 0.578. The number of methoxy groups -OCH3 is 1. The van der Waals surface area contributed by atoms with Gasteiger partial charge in [-0.05, 0) is 37.8 Å². The molecule has 2 aromatic rings. The molecule has 0 spiro atoms. The van der Waals surface area contributed by atoms with Gasteiger partial charge < -0.3 is 4.74 Å². The van der Waals surface area contributed by atoms with Crippen LogP contribution in [0.2, 0.25) is 0 Å². The number of allylic oxidation sites excluding steroid dienone is 1. The van der Waals surface area contributed by atoms with Crippen LogP contribution in [0.15, 0.2) is 23.8 Å². The molecule has 0 saturated heterocycles. The monoisotopic (exact) mass is 286 g/mol. The van der Waals surface area contributed by atoms with E-state index in [1.54, 1.807) is 7.11 Å². The molecule has 0 N–H and O–H groups in total. The molecule has 3 nitrogen and oxygen atoms in total. The molecule has 0 fully saturated rings. The summed E-state index contributed by atoms with van der Waals surface area (Å²) in [6, 6.07) is 6.61. The van der Waals surface area contributed by atoms with E-state index in [9.17, 15) is 0 Å². The highest BCUT2D eigenvalue weighted by Gasteiger charge is 2.08. The highest BCUT2D eigenvalue weighted by Crippen LogP contribution is 2.22. The van der Waals surface area contributed by atoms with Crippen molar-refractivity contribution in [2.45, 2.75) is 40.7 Å². The van der Waals surface area contributed by atoms with Gasteiger partial charge in [-0.2, -0.15) is 5.10 Å². The highest BCUT2D eigenvalue weighted by molar-refractivity contribution is 5.84. The molecule has 0 saturated carbocycles. The molecule has 0 aliphatic heterocycles. The van der Waals surface area contributed by atoms with Crippen molar-refractivity contribution in [2.75, 3.05) is 13.7 Å². The van der Waals surface area contributed by atoms with E-state index in [0.717, 1.165) is 25.3 Å². The second-order valence-corrected chi connectivity index (χ2v) is 5.97. The van der Waals surface area contributed by atoms with Crippen molar-refractivity contribution >= 4 is 17.0 Å². The number of hydrogen-bond acceptors (Lipinski definition) is 2. The molecule has 1 aromatic carbocycles. The lowest BCUT2D eigenvalue weighted by Crippen LogP contribution is -2.03. The predicted octanol–water partition coefficient (Wildman–Crippen LogP) is 4.44. The first-order chi connectivity index (χ1) is 10.0. The molecule has 2 rings (SSSR count). The van der Waals surface area contributed by atoms with Gasteiger partial charge in [-0.15, -0.1) is 0 Å². The maximum absolute atomic E-state index is 5.13. The Labute approximate surface area is 127 Å². The average molecular weight is 286 g/mol. The lowest BCUT2D eigenvalue weighted by Gasteiger charge is -2.06. The van der Waals surface area contributed by atoms with E-state index >= 15 is 0 Å². The second kappa shape index (κ2) is 6.90. The van der Waals surface area contributed by atoms with Crippen molar-refractivity contribution in [3.8, 4) is 0 Å². The summed E-state index contributed by atoms with van der Waals surface area (Å²) >= 11 is 0. The third kappa shape index (κ3) is 3.73. The maximum Gasteiger partial charge on any atom is 0.0691 e. The number of hydrogen-bond donors (Lipinski definition) is 0. The number of benzene rings is 1. The largest absolute Gasteiger partial charge is 0.385 e. The van der Waals surface area contributed by atoms with Gasteiger partial charge in [0.15, 0.2) is 0 Å². The molecule has 1 aromatic heterocycles. The van der Waals surface area contributed by atoms with E-state index < -0.39 is 0 Å². The molecule has 1 heterocycles. The molecule has 114 valence electrons. The van der Waals surface area contributed by atoms with Crippen LogP contribution in [-0.2, 0) is 11.3 Å². The Balaban J connectivity index is 2.36. The average Bonchev–Trinajstić information content (AvgIpc) is 2.75. The molecule has 0 radical (unpaired) electrons. The van der Waals surface area contributed by atoms with Crippen molar-refractivity contribution in [1.29, 1.82) is 0 Å². The van der Waals surface area contributed by atoms with Crippen LogP contribution in [0.3, 0.4) is 0 Å². The van der Waals surface area contributed by atoms with Crippen LogP contribution in [0.5, 0.6) is 0 Å². The van der Waals surface area contributed by atoms with E-state index in [2.05, 4.69) is 61.8 Å². The van der Waals surface area contributed by atoms with Crippen molar-refractivity contribution in [1.82, 2.24) is 9.78 Å².